The van der Waals surface area contributed by atoms with E-state index in [1.807, 2.05) is 0 Å². The van der Waals surface area contributed by atoms with Crippen LogP contribution in [0.3, 0.4) is 0 Å². The molecule has 0 N–H and O–H groups in total. The van der Waals surface area contributed by atoms with Crippen molar-refractivity contribution in [3.8, 4) is 11.5 Å². The molecule has 3 heteroatoms. The van der Waals surface area contributed by atoms with E-state index in [1.165, 1.54) is 127 Å². The summed E-state index contributed by atoms with van der Waals surface area (Å²) in [5.74, 6) is 1.91. The van der Waals surface area contributed by atoms with Gasteiger partial charge in [0.2, 0.25) is 0 Å². The molecule has 0 saturated heterocycles. The van der Waals surface area contributed by atoms with Crippen LogP contribution in [-0.4, -0.2) is 13.2 Å². The van der Waals surface area contributed by atoms with Crippen LogP contribution in [0.25, 0.3) is 0 Å². The normalized spacial score (nSPS) is 11.2. The quantitative estimate of drug-likeness (QED) is 0.0959. The van der Waals surface area contributed by atoms with Gasteiger partial charge >= 0.3 is 0 Å². The monoisotopic (exact) mass is 566 g/mol. The molecular formula is C38H62O3. The molecule has 3 nitrogen and oxygen atoms in total. The van der Waals surface area contributed by atoms with Gasteiger partial charge in [0.25, 0.3) is 0 Å². The predicted molar refractivity (Wildman–Crippen MR) is 176 cm³/mol. The minimum absolute atomic E-state index is 0.607. The molecule has 0 aliphatic carbocycles. The molecule has 2 aromatic carbocycles. The van der Waals surface area contributed by atoms with Gasteiger partial charge in [-0.15, -0.1) is 0 Å². The lowest BCUT2D eigenvalue weighted by Gasteiger charge is -2.09. The molecule has 232 valence electrons. The third-order valence-electron chi connectivity index (χ3n) is 7.92. The lowest BCUT2D eigenvalue weighted by molar-refractivity contribution is 0.107. The molecule has 0 heterocycles. The van der Waals surface area contributed by atoms with Gasteiger partial charge in [-0.05, 0) is 48.2 Å². The first-order valence-corrected chi connectivity index (χ1v) is 17.3. The second kappa shape index (κ2) is 25.7. The molecule has 0 aromatic heterocycles. The van der Waals surface area contributed by atoms with Gasteiger partial charge in [-0.2, -0.15) is 0 Å². The molecule has 0 fully saturated rings. The van der Waals surface area contributed by atoms with E-state index in [9.17, 15) is 0 Å². The topological polar surface area (TPSA) is 27.7 Å². The molecule has 41 heavy (non-hydrogen) atoms. The van der Waals surface area contributed by atoms with Crippen LogP contribution < -0.4 is 9.47 Å². The Hall–Kier alpha value is -2.00. The van der Waals surface area contributed by atoms with Crippen LogP contribution in [0.15, 0.2) is 48.5 Å². The second-order valence-electron chi connectivity index (χ2n) is 11.8. The van der Waals surface area contributed by atoms with E-state index < -0.39 is 0 Å². The fourth-order valence-corrected chi connectivity index (χ4v) is 5.21. The first-order chi connectivity index (χ1) is 20.3. The third-order valence-corrected chi connectivity index (χ3v) is 7.92. The van der Waals surface area contributed by atoms with E-state index in [4.69, 9.17) is 14.2 Å². The molecule has 0 saturated carbocycles. The van der Waals surface area contributed by atoms with Gasteiger partial charge in [0.1, 0.15) is 11.5 Å². The highest BCUT2D eigenvalue weighted by atomic mass is 16.5. The molecule has 0 amide bonds. The van der Waals surface area contributed by atoms with Crippen LogP contribution in [0.4, 0.5) is 0 Å². The first kappa shape index (κ1) is 35.2. The second-order valence-corrected chi connectivity index (χ2v) is 11.8. The Morgan fingerprint density at radius 3 is 0.976 bits per heavy atom. The summed E-state index contributed by atoms with van der Waals surface area (Å²) in [4.78, 5) is 0. The van der Waals surface area contributed by atoms with E-state index >= 15 is 0 Å². The molecule has 2 aromatic rings. The number of hydrogen-bond donors (Lipinski definition) is 0. The fourth-order valence-electron chi connectivity index (χ4n) is 5.21. The van der Waals surface area contributed by atoms with Crippen LogP contribution in [0.1, 0.15) is 153 Å². The highest BCUT2D eigenvalue weighted by Gasteiger charge is 2.01. The average Bonchev–Trinajstić information content (AvgIpc) is 3.00. The Bertz CT molecular complexity index is 745. The van der Waals surface area contributed by atoms with Gasteiger partial charge in [-0.1, -0.05) is 154 Å². The van der Waals surface area contributed by atoms with E-state index in [2.05, 4.69) is 62.4 Å². The molecule has 0 aliphatic heterocycles. The molecule has 0 atom stereocenters. The van der Waals surface area contributed by atoms with Crippen LogP contribution in [-0.2, 0) is 18.0 Å². The van der Waals surface area contributed by atoms with Gasteiger partial charge in [-0.3, -0.25) is 0 Å². The number of ether oxygens (including phenoxy) is 3. The maximum absolute atomic E-state index is 5.95. The number of unbranched alkanes of at least 4 members (excludes halogenated alkanes) is 18. The van der Waals surface area contributed by atoms with Crippen molar-refractivity contribution < 1.29 is 14.2 Å². The Morgan fingerprint density at radius 2 is 0.659 bits per heavy atom. The summed E-state index contributed by atoms with van der Waals surface area (Å²) in [6, 6.07) is 16.7. The Morgan fingerprint density at radius 1 is 0.366 bits per heavy atom. The summed E-state index contributed by atoms with van der Waals surface area (Å²) in [5, 5.41) is 0. The lowest BCUT2D eigenvalue weighted by atomic mass is 10.1. The zero-order chi connectivity index (χ0) is 29.1. The Kier molecular flexibility index (Phi) is 22.1. The number of rotatable bonds is 28. The minimum Gasteiger partial charge on any atom is -0.494 e. The molecular weight excluding hydrogens is 504 g/mol. The van der Waals surface area contributed by atoms with Gasteiger partial charge in [0, 0.05) is 0 Å². The highest BCUT2D eigenvalue weighted by molar-refractivity contribution is 5.28. The lowest BCUT2D eigenvalue weighted by Crippen LogP contribution is -1.99. The maximum Gasteiger partial charge on any atom is 0.119 e. The van der Waals surface area contributed by atoms with Crippen molar-refractivity contribution in [1.82, 2.24) is 0 Å². The summed E-state index contributed by atoms with van der Waals surface area (Å²) in [6.45, 7) is 7.40. The summed E-state index contributed by atoms with van der Waals surface area (Å²) < 4.78 is 17.8. The smallest absolute Gasteiger partial charge is 0.119 e. The van der Waals surface area contributed by atoms with Gasteiger partial charge in [0.05, 0.1) is 26.4 Å². The van der Waals surface area contributed by atoms with Crippen LogP contribution in [0.2, 0.25) is 0 Å². The van der Waals surface area contributed by atoms with E-state index in [0.717, 1.165) is 37.6 Å². The Balaban J connectivity index is 1.44. The van der Waals surface area contributed by atoms with Crippen molar-refractivity contribution >= 4 is 0 Å². The molecule has 0 aliphatic rings. The van der Waals surface area contributed by atoms with Crippen molar-refractivity contribution in [3.05, 3.63) is 59.7 Å². The standard InChI is InChI=1S/C38H62O3/c1-3-5-7-9-11-13-15-17-19-21-31-40-37-27-23-35(24-28-37)33-39-34-36-25-29-38(30-26-36)41-32-22-20-18-16-14-12-10-8-6-4-2/h23-30H,3-22,31-34H2,1-2H3. The number of hydrogen-bond acceptors (Lipinski definition) is 3. The zero-order valence-corrected chi connectivity index (χ0v) is 26.8. The van der Waals surface area contributed by atoms with E-state index in [0.29, 0.717) is 13.2 Å². The molecule has 0 bridgehead atoms. The van der Waals surface area contributed by atoms with Crippen molar-refractivity contribution in [3.63, 3.8) is 0 Å². The van der Waals surface area contributed by atoms with Crippen molar-refractivity contribution in [2.75, 3.05) is 13.2 Å². The van der Waals surface area contributed by atoms with Crippen LogP contribution in [0.5, 0.6) is 11.5 Å². The fraction of sp³-hybridized carbons (Fsp3) is 0.684. The molecule has 2 rings (SSSR count). The molecule has 0 unspecified atom stereocenters. The average molecular weight is 567 g/mol. The predicted octanol–water partition coefficient (Wildman–Crippen LogP) is 12.0. The number of benzene rings is 2. The van der Waals surface area contributed by atoms with Gasteiger partial charge < -0.3 is 14.2 Å². The van der Waals surface area contributed by atoms with Crippen molar-refractivity contribution in [1.29, 1.82) is 0 Å². The van der Waals surface area contributed by atoms with E-state index in [1.54, 1.807) is 0 Å². The zero-order valence-electron chi connectivity index (χ0n) is 26.8. The first-order valence-electron chi connectivity index (χ1n) is 17.3. The summed E-state index contributed by atoms with van der Waals surface area (Å²) in [7, 11) is 0. The SMILES string of the molecule is CCCCCCCCCCCCOc1ccc(COCc2ccc(OCCCCCCCCCCCC)cc2)cc1. The van der Waals surface area contributed by atoms with E-state index in [-0.39, 0.29) is 0 Å². The Labute approximate surface area is 253 Å². The highest BCUT2D eigenvalue weighted by Crippen LogP contribution is 2.17. The van der Waals surface area contributed by atoms with Crippen LogP contribution in [0, 0.1) is 0 Å². The minimum atomic E-state index is 0.607. The van der Waals surface area contributed by atoms with Crippen LogP contribution >= 0.6 is 0 Å². The van der Waals surface area contributed by atoms with Gasteiger partial charge in [0.15, 0.2) is 0 Å². The third kappa shape index (κ3) is 19.7. The van der Waals surface area contributed by atoms with Gasteiger partial charge in [-0.25, -0.2) is 0 Å². The summed E-state index contributed by atoms with van der Waals surface area (Å²) >= 11 is 0. The summed E-state index contributed by atoms with van der Waals surface area (Å²) in [5.41, 5.74) is 2.35. The maximum atomic E-state index is 5.95. The van der Waals surface area contributed by atoms with Crippen molar-refractivity contribution in [2.45, 2.75) is 155 Å². The summed E-state index contributed by atoms with van der Waals surface area (Å²) in [6.07, 6.45) is 27.0. The largest absolute Gasteiger partial charge is 0.494 e. The molecule has 0 spiro atoms. The molecule has 0 radical (unpaired) electrons. The van der Waals surface area contributed by atoms with Crippen molar-refractivity contribution in [2.24, 2.45) is 0 Å².